The Morgan fingerprint density at radius 3 is 1.42 bits per heavy atom. The fourth-order valence-corrected chi connectivity index (χ4v) is 11.1. The summed E-state index contributed by atoms with van der Waals surface area (Å²) in [4.78, 5) is 0. The van der Waals surface area contributed by atoms with Crippen LogP contribution < -0.4 is 0 Å². The molecule has 0 N–H and O–H groups in total. The Balaban J connectivity index is 0.907. The summed E-state index contributed by atoms with van der Waals surface area (Å²) in [5.41, 5.74) is 14.7. The Bertz CT molecular complexity index is 4210. The second-order valence-electron chi connectivity index (χ2n) is 17.5. The van der Waals surface area contributed by atoms with Crippen LogP contribution in [0.4, 0.5) is 0 Å². The number of hydrogen-bond donors (Lipinski definition) is 0. The van der Waals surface area contributed by atoms with Gasteiger partial charge in [0, 0.05) is 38.4 Å². The molecule has 2 heteroatoms. The summed E-state index contributed by atoms with van der Waals surface area (Å²) in [5, 5.41) is 14.6. The van der Waals surface area contributed by atoms with Crippen molar-refractivity contribution in [1.29, 1.82) is 0 Å². The van der Waals surface area contributed by atoms with Crippen LogP contribution in [0.1, 0.15) is 0 Å². The molecule has 0 aliphatic rings. The average molecular weight is 838 g/mol. The first-order chi connectivity index (χ1) is 32.8. The van der Waals surface area contributed by atoms with E-state index in [1.807, 2.05) is 0 Å². The van der Waals surface area contributed by atoms with Crippen molar-refractivity contribution in [3.05, 3.63) is 237 Å². The molecular weight excluding hydrogens is 799 g/mol. The second kappa shape index (κ2) is 14.4. The highest BCUT2D eigenvalue weighted by Gasteiger charge is 2.21. The molecule has 66 heavy (non-hydrogen) atoms. The molecule has 0 spiro atoms. The first kappa shape index (κ1) is 36.7. The van der Waals surface area contributed by atoms with Crippen LogP contribution in [0.25, 0.3) is 137 Å². The highest BCUT2D eigenvalue weighted by atomic mass is 16.3. The summed E-state index contributed by atoms with van der Waals surface area (Å²) in [5.74, 6) is 0. The number of aromatic nitrogens is 1. The van der Waals surface area contributed by atoms with Gasteiger partial charge in [-0.3, -0.25) is 0 Å². The molecule has 0 saturated heterocycles. The minimum Gasteiger partial charge on any atom is -0.455 e. The summed E-state index contributed by atoms with van der Waals surface area (Å²) < 4.78 is 9.50. The standard InChI is InChI=1S/C64H39NO/c1-2-16-40(17-3-1)61-50-23-8-10-25-52(50)62(53-26-11-9-24-51(53)61)41-32-35-44(36-33-41)65-59-31-13-12-22-49(59)58-39-43(34-37-60(58)65)46-27-14-28-54-55-29-15-30-56(64(55)66-63(46)54)57-38-42-18-4-5-19-45(42)47-20-6-7-21-48(47)57/h1-39H. The molecule has 2 heterocycles. The van der Waals surface area contributed by atoms with Gasteiger partial charge in [-0.05, 0) is 113 Å². The number of fused-ring (bicyclic) bond motifs is 11. The third-order valence-corrected chi connectivity index (χ3v) is 14.0. The molecule has 0 unspecified atom stereocenters. The molecule has 0 bridgehead atoms. The molecule has 0 aliphatic heterocycles. The van der Waals surface area contributed by atoms with Crippen LogP contribution in [-0.4, -0.2) is 4.57 Å². The molecule has 2 nitrogen and oxygen atoms in total. The van der Waals surface area contributed by atoms with Crippen molar-refractivity contribution in [1.82, 2.24) is 4.57 Å². The van der Waals surface area contributed by atoms with E-state index < -0.39 is 0 Å². The quantitative estimate of drug-likeness (QED) is 0.125. The van der Waals surface area contributed by atoms with Gasteiger partial charge in [-0.25, -0.2) is 0 Å². The van der Waals surface area contributed by atoms with E-state index in [0.717, 1.165) is 49.8 Å². The van der Waals surface area contributed by atoms with E-state index in [4.69, 9.17) is 4.42 Å². The van der Waals surface area contributed by atoms with E-state index in [9.17, 15) is 0 Å². The summed E-state index contributed by atoms with van der Waals surface area (Å²) >= 11 is 0. The van der Waals surface area contributed by atoms with E-state index in [0.29, 0.717) is 0 Å². The van der Waals surface area contributed by atoms with Crippen molar-refractivity contribution >= 4 is 86.8 Å². The van der Waals surface area contributed by atoms with E-state index in [1.54, 1.807) is 0 Å². The molecule has 0 saturated carbocycles. The molecule has 14 aromatic rings. The highest BCUT2D eigenvalue weighted by Crippen LogP contribution is 2.46. The number of rotatable bonds is 5. The van der Waals surface area contributed by atoms with Gasteiger partial charge >= 0.3 is 0 Å². The van der Waals surface area contributed by atoms with Gasteiger partial charge in [0.2, 0.25) is 0 Å². The van der Waals surface area contributed by atoms with Crippen LogP contribution in [0.15, 0.2) is 241 Å². The van der Waals surface area contributed by atoms with Gasteiger partial charge in [-0.1, -0.05) is 200 Å². The fraction of sp³-hybridized carbons (Fsp3) is 0. The lowest BCUT2D eigenvalue weighted by atomic mass is 9.86. The zero-order valence-corrected chi connectivity index (χ0v) is 35.9. The Labute approximate surface area is 380 Å². The monoisotopic (exact) mass is 837 g/mol. The van der Waals surface area contributed by atoms with E-state index in [2.05, 4.69) is 241 Å². The molecule has 306 valence electrons. The van der Waals surface area contributed by atoms with Crippen LogP contribution in [0.5, 0.6) is 0 Å². The number of hydrogen-bond acceptors (Lipinski definition) is 1. The van der Waals surface area contributed by atoms with Crippen LogP contribution in [0.2, 0.25) is 0 Å². The number of nitrogens with zero attached hydrogens (tertiary/aromatic N) is 1. The summed E-state index contributed by atoms with van der Waals surface area (Å²) in [7, 11) is 0. The third kappa shape index (κ3) is 5.42. The normalized spacial score (nSPS) is 11.9. The second-order valence-corrected chi connectivity index (χ2v) is 17.5. The third-order valence-electron chi connectivity index (χ3n) is 14.0. The largest absolute Gasteiger partial charge is 0.455 e. The molecule has 0 amide bonds. The van der Waals surface area contributed by atoms with E-state index in [-0.39, 0.29) is 0 Å². The molecule has 14 rings (SSSR count). The van der Waals surface area contributed by atoms with E-state index in [1.165, 1.54) is 87.2 Å². The van der Waals surface area contributed by atoms with Crippen LogP contribution in [0.3, 0.4) is 0 Å². The topological polar surface area (TPSA) is 18.1 Å². The maximum atomic E-state index is 7.08. The molecular formula is C64H39NO. The van der Waals surface area contributed by atoms with Crippen molar-refractivity contribution in [2.45, 2.75) is 0 Å². The molecule has 0 atom stereocenters. The Kier molecular flexibility index (Phi) is 8.02. The Morgan fingerprint density at radius 1 is 0.258 bits per heavy atom. The maximum absolute atomic E-state index is 7.08. The zero-order chi connectivity index (χ0) is 43.3. The smallest absolute Gasteiger partial charge is 0.143 e. The van der Waals surface area contributed by atoms with Crippen LogP contribution >= 0.6 is 0 Å². The average Bonchev–Trinajstić information content (AvgIpc) is 3.94. The van der Waals surface area contributed by atoms with Crippen molar-refractivity contribution < 1.29 is 4.42 Å². The van der Waals surface area contributed by atoms with Crippen molar-refractivity contribution in [2.24, 2.45) is 0 Å². The Morgan fingerprint density at radius 2 is 0.742 bits per heavy atom. The zero-order valence-electron chi connectivity index (χ0n) is 35.9. The lowest BCUT2D eigenvalue weighted by Gasteiger charge is -2.18. The summed E-state index contributed by atoms with van der Waals surface area (Å²) in [6.07, 6.45) is 0. The van der Waals surface area contributed by atoms with Gasteiger partial charge in [0.05, 0.1) is 11.0 Å². The minimum atomic E-state index is 0.903. The summed E-state index contributed by atoms with van der Waals surface area (Å²) in [6.45, 7) is 0. The summed E-state index contributed by atoms with van der Waals surface area (Å²) in [6, 6.07) is 86.3. The fourth-order valence-electron chi connectivity index (χ4n) is 11.1. The number of benzene rings is 12. The Hall–Kier alpha value is -8.72. The first-order valence-corrected chi connectivity index (χ1v) is 22.8. The van der Waals surface area contributed by atoms with Crippen molar-refractivity contribution in [2.75, 3.05) is 0 Å². The predicted molar refractivity (Wildman–Crippen MR) is 280 cm³/mol. The first-order valence-electron chi connectivity index (χ1n) is 22.8. The molecule has 0 radical (unpaired) electrons. The van der Waals surface area contributed by atoms with Gasteiger partial charge in [-0.15, -0.1) is 0 Å². The van der Waals surface area contributed by atoms with Gasteiger partial charge in [0.1, 0.15) is 11.2 Å². The minimum absolute atomic E-state index is 0.903. The maximum Gasteiger partial charge on any atom is 0.143 e. The molecule has 0 fully saturated rings. The highest BCUT2D eigenvalue weighted by molar-refractivity contribution is 6.22. The lowest BCUT2D eigenvalue weighted by Crippen LogP contribution is -1.94. The van der Waals surface area contributed by atoms with Gasteiger partial charge in [-0.2, -0.15) is 0 Å². The number of para-hydroxylation sites is 3. The molecule has 0 aliphatic carbocycles. The molecule has 12 aromatic carbocycles. The molecule has 2 aromatic heterocycles. The lowest BCUT2D eigenvalue weighted by molar-refractivity contribution is 0.671. The SMILES string of the molecule is c1ccc(-c2c3ccccc3c(-c3ccc(-n4c5ccccc5c5cc(-c6cccc7c6oc6c(-c8cc9ccccc9c9ccccc89)cccc67)ccc54)cc3)c3ccccc23)cc1. The number of furan rings is 1. The predicted octanol–water partition coefficient (Wildman–Crippen LogP) is 18.0. The van der Waals surface area contributed by atoms with Gasteiger partial charge in [0.25, 0.3) is 0 Å². The van der Waals surface area contributed by atoms with Crippen LogP contribution in [0, 0.1) is 0 Å². The van der Waals surface area contributed by atoms with Crippen LogP contribution in [-0.2, 0) is 0 Å². The van der Waals surface area contributed by atoms with Gasteiger partial charge < -0.3 is 8.98 Å². The van der Waals surface area contributed by atoms with Crippen molar-refractivity contribution in [3.8, 4) is 50.2 Å². The van der Waals surface area contributed by atoms with Gasteiger partial charge in [0.15, 0.2) is 0 Å². The van der Waals surface area contributed by atoms with Crippen molar-refractivity contribution in [3.63, 3.8) is 0 Å². The van der Waals surface area contributed by atoms with E-state index >= 15 is 0 Å².